The fourth-order valence-electron chi connectivity index (χ4n) is 2.87. The van der Waals surface area contributed by atoms with E-state index in [0.717, 1.165) is 19.5 Å². The Morgan fingerprint density at radius 2 is 2.14 bits per heavy atom. The number of likely N-dealkylation sites (tertiary alicyclic amines) is 1. The lowest BCUT2D eigenvalue weighted by molar-refractivity contribution is 0.0537. The van der Waals surface area contributed by atoms with Gasteiger partial charge in [-0.05, 0) is 18.6 Å². The van der Waals surface area contributed by atoms with Crippen molar-refractivity contribution in [3.8, 4) is 0 Å². The highest BCUT2D eigenvalue weighted by Crippen LogP contribution is 2.30. The van der Waals surface area contributed by atoms with Crippen LogP contribution in [0.15, 0.2) is 33.6 Å². The van der Waals surface area contributed by atoms with Crippen molar-refractivity contribution in [3.63, 3.8) is 0 Å². The number of ether oxygens (including phenoxy) is 2. The van der Waals surface area contributed by atoms with Crippen LogP contribution in [0, 0.1) is 5.92 Å². The number of sulfonamides is 1. The average Bonchev–Trinajstić information content (AvgIpc) is 3.07. The monoisotopic (exact) mass is 324 g/mol. The summed E-state index contributed by atoms with van der Waals surface area (Å²) in [6, 6.07) is 7.01. The molecular formula is C15H20N2O4S. The lowest BCUT2D eigenvalue weighted by Crippen LogP contribution is -2.29. The Hall–Kier alpha value is -1.44. The van der Waals surface area contributed by atoms with Crippen LogP contribution < -0.4 is 0 Å². The number of hydrogen-bond donors (Lipinski definition) is 0. The molecule has 2 aliphatic rings. The lowest BCUT2D eigenvalue weighted by atomic mass is 10.1. The number of methoxy groups -OCH3 is 1. The van der Waals surface area contributed by atoms with Gasteiger partial charge in [0, 0.05) is 31.7 Å². The molecule has 0 bridgehead atoms. The van der Waals surface area contributed by atoms with Gasteiger partial charge in [-0.2, -0.15) is 8.42 Å². The van der Waals surface area contributed by atoms with Crippen LogP contribution in [0.5, 0.6) is 0 Å². The van der Waals surface area contributed by atoms with Gasteiger partial charge in [0.25, 0.3) is 10.0 Å². The van der Waals surface area contributed by atoms with Crippen molar-refractivity contribution in [2.24, 2.45) is 10.3 Å². The van der Waals surface area contributed by atoms with Crippen molar-refractivity contribution < 1.29 is 17.9 Å². The Balaban J connectivity index is 1.67. The normalized spacial score (nSPS) is 22.7. The number of benzene rings is 1. The molecule has 0 aromatic heterocycles. The predicted molar refractivity (Wildman–Crippen MR) is 82.5 cm³/mol. The molecule has 1 saturated heterocycles. The maximum Gasteiger partial charge on any atom is 0.285 e. The first kappa shape index (κ1) is 15.5. The summed E-state index contributed by atoms with van der Waals surface area (Å²) in [6.45, 7) is 3.43. The summed E-state index contributed by atoms with van der Waals surface area (Å²) in [7, 11) is -1.89. The molecule has 1 unspecified atom stereocenters. The molecule has 6 nitrogen and oxygen atoms in total. The first-order valence-corrected chi connectivity index (χ1v) is 8.82. The second kappa shape index (κ2) is 6.36. The molecule has 2 heterocycles. The van der Waals surface area contributed by atoms with Gasteiger partial charge in [0.1, 0.15) is 4.90 Å². The predicted octanol–water partition coefficient (Wildman–Crippen LogP) is 1.12. The zero-order valence-electron chi connectivity index (χ0n) is 12.6. The fourth-order valence-corrected chi connectivity index (χ4v) is 4.10. The van der Waals surface area contributed by atoms with E-state index < -0.39 is 10.0 Å². The summed E-state index contributed by atoms with van der Waals surface area (Å²) < 4.78 is 38.7. The summed E-state index contributed by atoms with van der Waals surface area (Å²) in [5, 5.41) is 0. The van der Waals surface area contributed by atoms with Crippen molar-refractivity contribution in [2.45, 2.75) is 11.3 Å². The Bertz CT molecular complexity index is 672. The molecule has 1 aromatic carbocycles. The zero-order valence-corrected chi connectivity index (χ0v) is 13.4. The average molecular weight is 324 g/mol. The van der Waals surface area contributed by atoms with Gasteiger partial charge in [-0.3, -0.25) is 0 Å². The van der Waals surface area contributed by atoms with E-state index in [1.54, 1.807) is 19.2 Å². The van der Waals surface area contributed by atoms with E-state index in [1.807, 2.05) is 17.0 Å². The smallest absolute Gasteiger partial charge is 0.285 e. The topological polar surface area (TPSA) is 68.2 Å². The van der Waals surface area contributed by atoms with Gasteiger partial charge in [-0.25, -0.2) is 0 Å². The number of nitrogens with zero attached hydrogens (tertiary/aromatic N) is 2. The summed E-state index contributed by atoms with van der Waals surface area (Å²) >= 11 is 0. The van der Waals surface area contributed by atoms with Crippen LogP contribution in [0.4, 0.5) is 0 Å². The van der Waals surface area contributed by atoms with Gasteiger partial charge in [-0.1, -0.05) is 12.1 Å². The summed E-state index contributed by atoms with van der Waals surface area (Å²) in [5.74, 6) is 0.977. The Kier molecular flexibility index (Phi) is 4.46. The first-order chi connectivity index (χ1) is 10.6. The second-order valence-corrected chi connectivity index (χ2v) is 7.13. The van der Waals surface area contributed by atoms with Gasteiger partial charge >= 0.3 is 0 Å². The van der Waals surface area contributed by atoms with Gasteiger partial charge in [0.2, 0.25) is 0 Å². The molecule has 7 heteroatoms. The molecule has 0 saturated carbocycles. The van der Waals surface area contributed by atoms with E-state index >= 15 is 0 Å². The molecule has 3 rings (SSSR count). The van der Waals surface area contributed by atoms with E-state index in [9.17, 15) is 8.42 Å². The highest BCUT2D eigenvalue weighted by molar-refractivity contribution is 7.90. The van der Waals surface area contributed by atoms with Gasteiger partial charge in [0.15, 0.2) is 5.84 Å². The first-order valence-electron chi connectivity index (χ1n) is 7.38. The number of rotatable bonds is 5. The van der Waals surface area contributed by atoms with E-state index in [1.165, 1.54) is 0 Å². The molecule has 0 radical (unpaired) electrons. The molecule has 0 amide bonds. The van der Waals surface area contributed by atoms with Crippen LogP contribution in [0.25, 0.3) is 0 Å². The molecule has 1 aromatic rings. The van der Waals surface area contributed by atoms with Gasteiger partial charge < -0.3 is 14.4 Å². The quantitative estimate of drug-likeness (QED) is 0.759. The standard InChI is InChI=1S/C15H20N2O4S/c1-20-8-9-21-11-12-6-7-17(10-12)15-13-4-2-3-5-14(13)22(18,19)16-15/h2-5,12H,6-11H2,1H3. The molecule has 0 spiro atoms. The number of amidine groups is 1. The Morgan fingerprint density at radius 3 is 2.95 bits per heavy atom. The summed E-state index contributed by atoms with van der Waals surface area (Å²) in [4.78, 5) is 2.36. The van der Waals surface area contributed by atoms with Crippen molar-refractivity contribution in [2.75, 3.05) is 40.0 Å². The maximum absolute atomic E-state index is 12.1. The van der Waals surface area contributed by atoms with Crippen LogP contribution in [-0.2, 0) is 19.5 Å². The fraction of sp³-hybridized carbons (Fsp3) is 0.533. The zero-order chi connectivity index (χ0) is 15.6. The van der Waals surface area contributed by atoms with Crippen molar-refractivity contribution >= 4 is 15.9 Å². The molecule has 120 valence electrons. The third-order valence-electron chi connectivity index (χ3n) is 3.98. The SMILES string of the molecule is COCCOCC1CCN(C2=NS(=O)(=O)c3ccccc32)C1. The van der Waals surface area contributed by atoms with E-state index in [0.29, 0.717) is 42.0 Å². The minimum atomic E-state index is -3.54. The van der Waals surface area contributed by atoms with Gasteiger partial charge in [-0.15, -0.1) is 4.40 Å². The molecule has 0 aliphatic carbocycles. The van der Waals surface area contributed by atoms with Crippen molar-refractivity contribution in [3.05, 3.63) is 29.8 Å². The highest BCUT2D eigenvalue weighted by Gasteiger charge is 2.34. The van der Waals surface area contributed by atoms with E-state index in [2.05, 4.69) is 4.40 Å². The minimum Gasteiger partial charge on any atom is -0.382 e. The minimum absolute atomic E-state index is 0.310. The maximum atomic E-state index is 12.1. The van der Waals surface area contributed by atoms with E-state index in [4.69, 9.17) is 9.47 Å². The number of fused-ring (bicyclic) bond motifs is 1. The largest absolute Gasteiger partial charge is 0.382 e. The third kappa shape index (κ3) is 3.02. The van der Waals surface area contributed by atoms with Crippen LogP contribution in [-0.4, -0.2) is 59.2 Å². The molecule has 1 atom stereocenters. The summed E-state index contributed by atoms with van der Waals surface area (Å²) in [5.41, 5.74) is 0.712. The van der Waals surface area contributed by atoms with Crippen LogP contribution in [0.1, 0.15) is 12.0 Å². The third-order valence-corrected chi connectivity index (χ3v) is 5.31. The van der Waals surface area contributed by atoms with Crippen molar-refractivity contribution in [1.82, 2.24) is 4.90 Å². The van der Waals surface area contributed by atoms with Gasteiger partial charge in [0.05, 0.1) is 19.8 Å². The molecule has 0 N–H and O–H groups in total. The Labute approximate surface area is 130 Å². The Morgan fingerprint density at radius 1 is 1.32 bits per heavy atom. The van der Waals surface area contributed by atoms with Crippen molar-refractivity contribution in [1.29, 1.82) is 0 Å². The summed E-state index contributed by atoms with van der Waals surface area (Å²) in [6.07, 6.45) is 0.980. The van der Waals surface area contributed by atoms with Crippen LogP contribution in [0.2, 0.25) is 0 Å². The lowest BCUT2D eigenvalue weighted by Gasteiger charge is -2.18. The second-order valence-electron chi connectivity index (χ2n) is 5.55. The molecule has 1 fully saturated rings. The van der Waals surface area contributed by atoms with Crippen LogP contribution in [0.3, 0.4) is 0 Å². The van der Waals surface area contributed by atoms with E-state index in [-0.39, 0.29) is 0 Å². The molecular weight excluding hydrogens is 304 g/mol. The number of hydrogen-bond acceptors (Lipinski definition) is 5. The highest BCUT2D eigenvalue weighted by atomic mass is 32.2. The molecule has 2 aliphatic heterocycles. The van der Waals surface area contributed by atoms with Crippen LogP contribution >= 0.6 is 0 Å². The molecule has 22 heavy (non-hydrogen) atoms.